The lowest BCUT2D eigenvalue weighted by Gasteiger charge is -2.46. The van der Waals surface area contributed by atoms with E-state index in [9.17, 15) is 0 Å². The Morgan fingerprint density at radius 1 is 1.08 bits per heavy atom. The van der Waals surface area contributed by atoms with Crippen LogP contribution in [0.4, 0.5) is 0 Å². The summed E-state index contributed by atoms with van der Waals surface area (Å²) in [6.45, 7) is 9.42. The van der Waals surface area contributed by atoms with Gasteiger partial charge in [0, 0.05) is 15.4 Å². The number of hydrogen-bond donors (Lipinski definition) is 0. The van der Waals surface area contributed by atoms with E-state index in [0.717, 1.165) is 11.8 Å². The zero-order valence-corrected chi connectivity index (χ0v) is 12.5. The van der Waals surface area contributed by atoms with Crippen molar-refractivity contribution >= 4 is 10.2 Å². The molecule has 13 heavy (non-hydrogen) atoms. The Hall–Kier alpha value is 0.177. The standard InChI is InChI=1S/C11H27NSi/c1-7-9(3)11(13,12(5)6)10(4)8-2/h9-10H,7-8H2,1-6,13H3. The molecule has 0 rings (SSSR count). The molecular weight excluding hydrogens is 174 g/mol. The molecule has 0 aliphatic rings. The van der Waals surface area contributed by atoms with Gasteiger partial charge >= 0.3 is 0 Å². The number of nitrogens with zero attached hydrogens (tertiary/aromatic N) is 1. The number of hydrogen-bond acceptors (Lipinski definition) is 1. The van der Waals surface area contributed by atoms with E-state index in [2.05, 4.69) is 46.7 Å². The van der Waals surface area contributed by atoms with Crippen molar-refractivity contribution in [1.29, 1.82) is 0 Å². The van der Waals surface area contributed by atoms with Crippen LogP contribution in [-0.2, 0) is 0 Å². The van der Waals surface area contributed by atoms with E-state index < -0.39 is 0 Å². The van der Waals surface area contributed by atoms with E-state index in [-0.39, 0.29) is 0 Å². The monoisotopic (exact) mass is 201 g/mol. The van der Waals surface area contributed by atoms with E-state index in [1.54, 1.807) is 0 Å². The van der Waals surface area contributed by atoms with Crippen LogP contribution in [0.1, 0.15) is 40.5 Å². The summed E-state index contributed by atoms with van der Waals surface area (Å²) in [6.07, 6.45) is 2.60. The minimum Gasteiger partial charge on any atom is -0.307 e. The Morgan fingerprint density at radius 2 is 1.38 bits per heavy atom. The summed E-state index contributed by atoms with van der Waals surface area (Å²) >= 11 is 0. The van der Waals surface area contributed by atoms with Crippen LogP contribution in [0.3, 0.4) is 0 Å². The molecule has 0 radical (unpaired) electrons. The lowest BCUT2D eigenvalue weighted by molar-refractivity contribution is 0.108. The smallest absolute Gasteiger partial charge is 0.0290 e. The normalized spacial score (nSPS) is 21.5. The molecular formula is C11H27NSi. The molecule has 80 valence electrons. The van der Waals surface area contributed by atoms with Gasteiger partial charge in [0.1, 0.15) is 0 Å². The average molecular weight is 201 g/mol. The van der Waals surface area contributed by atoms with Crippen LogP contribution in [0.5, 0.6) is 0 Å². The van der Waals surface area contributed by atoms with Gasteiger partial charge in [-0.15, -0.1) is 0 Å². The molecule has 0 fully saturated rings. The van der Waals surface area contributed by atoms with Crippen molar-refractivity contribution in [3.05, 3.63) is 0 Å². The third-order valence-corrected chi connectivity index (χ3v) is 7.05. The topological polar surface area (TPSA) is 3.24 Å². The van der Waals surface area contributed by atoms with Gasteiger partial charge in [0.05, 0.1) is 0 Å². The quantitative estimate of drug-likeness (QED) is 0.612. The van der Waals surface area contributed by atoms with E-state index in [1.165, 1.54) is 23.1 Å². The molecule has 1 nitrogen and oxygen atoms in total. The molecule has 0 aromatic carbocycles. The van der Waals surface area contributed by atoms with Crippen LogP contribution in [0.25, 0.3) is 0 Å². The van der Waals surface area contributed by atoms with Crippen molar-refractivity contribution in [2.24, 2.45) is 11.8 Å². The van der Waals surface area contributed by atoms with Gasteiger partial charge in [-0.3, -0.25) is 0 Å². The third kappa shape index (κ3) is 2.56. The van der Waals surface area contributed by atoms with Crippen LogP contribution < -0.4 is 0 Å². The molecule has 0 saturated heterocycles. The SMILES string of the molecule is CCC(C)C([SiH3])(C(C)CC)N(C)C. The summed E-state index contributed by atoms with van der Waals surface area (Å²) in [5.41, 5.74) is 0. The first-order valence-electron chi connectivity index (χ1n) is 5.58. The van der Waals surface area contributed by atoms with Crippen molar-refractivity contribution < 1.29 is 0 Å². The molecule has 2 unspecified atom stereocenters. The third-order valence-electron chi connectivity index (χ3n) is 4.18. The average Bonchev–Trinajstić information content (AvgIpc) is 2.13. The highest BCUT2D eigenvalue weighted by atomic mass is 28.1. The largest absolute Gasteiger partial charge is 0.307 e. The van der Waals surface area contributed by atoms with E-state index >= 15 is 0 Å². The Labute approximate surface area is 87.3 Å². The van der Waals surface area contributed by atoms with Crippen LogP contribution in [0.15, 0.2) is 0 Å². The molecule has 0 amide bonds. The summed E-state index contributed by atoms with van der Waals surface area (Å²) in [6, 6.07) is 0. The van der Waals surface area contributed by atoms with Gasteiger partial charge in [0.15, 0.2) is 0 Å². The van der Waals surface area contributed by atoms with Gasteiger partial charge in [-0.1, -0.05) is 40.5 Å². The fourth-order valence-corrected chi connectivity index (χ4v) is 3.01. The highest BCUT2D eigenvalue weighted by Crippen LogP contribution is 2.31. The Morgan fingerprint density at radius 3 is 1.54 bits per heavy atom. The molecule has 0 saturated carbocycles. The van der Waals surface area contributed by atoms with Gasteiger partial charge in [0.25, 0.3) is 0 Å². The van der Waals surface area contributed by atoms with E-state index in [4.69, 9.17) is 0 Å². The summed E-state index contributed by atoms with van der Waals surface area (Å²) in [7, 11) is 5.75. The highest BCUT2D eigenvalue weighted by molar-refractivity contribution is 6.15. The van der Waals surface area contributed by atoms with Gasteiger partial charge < -0.3 is 4.90 Å². The van der Waals surface area contributed by atoms with Crippen molar-refractivity contribution in [3.8, 4) is 0 Å². The predicted octanol–water partition coefficient (Wildman–Crippen LogP) is 1.70. The molecule has 0 spiro atoms. The van der Waals surface area contributed by atoms with Crippen molar-refractivity contribution in [1.82, 2.24) is 4.90 Å². The highest BCUT2D eigenvalue weighted by Gasteiger charge is 2.36. The van der Waals surface area contributed by atoms with Crippen LogP contribution in [0.2, 0.25) is 0 Å². The fourth-order valence-electron chi connectivity index (χ4n) is 2.19. The molecule has 0 aromatic heterocycles. The second-order valence-corrected chi connectivity index (χ2v) is 6.34. The molecule has 0 aliphatic carbocycles. The van der Waals surface area contributed by atoms with Crippen molar-refractivity contribution in [2.75, 3.05) is 14.1 Å². The number of rotatable bonds is 5. The molecule has 0 bridgehead atoms. The van der Waals surface area contributed by atoms with Crippen molar-refractivity contribution in [3.63, 3.8) is 0 Å². The molecule has 2 heteroatoms. The first kappa shape index (κ1) is 13.2. The van der Waals surface area contributed by atoms with Gasteiger partial charge in [0.2, 0.25) is 0 Å². The van der Waals surface area contributed by atoms with Gasteiger partial charge in [-0.25, -0.2) is 0 Å². The van der Waals surface area contributed by atoms with Gasteiger partial charge in [-0.2, -0.15) is 0 Å². The maximum Gasteiger partial charge on any atom is 0.0290 e. The molecule has 0 heterocycles. The molecule has 0 N–H and O–H groups in total. The van der Waals surface area contributed by atoms with Crippen LogP contribution in [-0.4, -0.2) is 34.4 Å². The predicted molar refractivity (Wildman–Crippen MR) is 65.3 cm³/mol. The second-order valence-electron chi connectivity index (χ2n) is 4.74. The summed E-state index contributed by atoms with van der Waals surface area (Å²) < 4.78 is 0. The minimum atomic E-state index is 0.490. The van der Waals surface area contributed by atoms with E-state index in [0.29, 0.717) is 5.16 Å². The summed E-state index contributed by atoms with van der Waals surface area (Å²) in [5, 5.41) is 0.490. The lowest BCUT2D eigenvalue weighted by atomic mass is 9.85. The first-order valence-corrected chi connectivity index (χ1v) is 6.58. The summed E-state index contributed by atoms with van der Waals surface area (Å²) in [5.74, 6) is 1.65. The van der Waals surface area contributed by atoms with E-state index in [1.807, 2.05) is 0 Å². The fraction of sp³-hybridized carbons (Fsp3) is 1.00. The maximum atomic E-state index is 2.46. The minimum absolute atomic E-state index is 0.490. The Balaban J connectivity index is 4.71. The maximum absolute atomic E-state index is 2.46. The Kier molecular flexibility index (Phi) is 5.23. The zero-order valence-electron chi connectivity index (χ0n) is 10.5. The second kappa shape index (κ2) is 5.16. The Bertz CT molecular complexity index is 135. The van der Waals surface area contributed by atoms with Crippen LogP contribution in [0, 0.1) is 11.8 Å². The molecule has 0 aromatic rings. The van der Waals surface area contributed by atoms with Crippen molar-refractivity contribution in [2.45, 2.75) is 45.7 Å². The van der Waals surface area contributed by atoms with Gasteiger partial charge in [-0.05, 0) is 25.9 Å². The summed E-state index contributed by atoms with van der Waals surface area (Å²) in [4.78, 5) is 2.46. The first-order chi connectivity index (χ1) is 5.91. The van der Waals surface area contributed by atoms with Crippen LogP contribution >= 0.6 is 0 Å². The lowest BCUT2D eigenvalue weighted by Crippen LogP contribution is -2.54. The zero-order chi connectivity index (χ0) is 10.6. The molecule has 0 aliphatic heterocycles. The molecule has 2 atom stereocenters.